The Bertz CT molecular complexity index is 862. The molecule has 0 aromatic heterocycles. The minimum Gasteiger partial charge on any atom is -0.493 e. The van der Waals surface area contributed by atoms with Crippen LogP contribution >= 0.6 is 0 Å². The van der Waals surface area contributed by atoms with Gasteiger partial charge >= 0.3 is 5.97 Å². The Balaban J connectivity index is 1.93. The molecule has 0 aliphatic heterocycles. The van der Waals surface area contributed by atoms with Crippen molar-refractivity contribution in [3.63, 3.8) is 0 Å². The molecule has 0 unspecified atom stereocenters. The van der Waals surface area contributed by atoms with Crippen molar-refractivity contribution in [1.29, 1.82) is 0 Å². The van der Waals surface area contributed by atoms with Crippen LogP contribution in [0.1, 0.15) is 41.5 Å². The van der Waals surface area contributed by atoms with Crippen LogP contribution in [0.3, 0.4) is 0 Å². The Hall–Kier alpha value is -3.22. The second-order valence-corrected chi connectivity index (χ2v) is 6.60. The van der Waals surface area contributed by atoms with Gasteiger partial charge in [-0.1, -0.05) is 13.8 Å². The zero-order valence-corrected chi connectivity index (χ0v) is 16.0. The molecule has 0 saturated carbocycles. The van der Waals surface area contributed by atoms with Crippen LogP contribution < -0.4 is 10.1 Å². The van der Waals surface area contributed by atoms with Gasteiger partial charge in [0.15, 0.2) is 6.61 Å². The van der Waals surface area contributed by atoms with Crippen LogP contribution in [-0.2, 0) is 9.53 Å². The number of anilines is 1. The number of ether oxygens (including phenoxy) is 2. The summed E-state index contributed by atoms with van der Waals surface area (Å²) in [6.07, 6.45) is 0. The molecular formula is C21H22FNO5. The van der Waals surface area contributed by atoms with E-state index in [0.29, 0.717) is 18.3 Å². The van der Waals surface area contributed by atoms with Crippen molar-refractivity contribution in [1.82, 2.24) is 0 Å². The maximum atomic E-state index is 14.0. The first-order chi connectivity index (χ1) is 13.3. The first-order valence-corrected chi connectivity index (χ1v) is 8.76. The fourth-order valence-electron chi connectivity index (χ4n) is 2.26. The smallest absolute Gasteiger partial charge is 0.338 e. The summed E-state index contributed by atoms with van der Waals surface area (Å²) >= 11 is 0. The third-order valence-corrected chi connectivity index (χ3v) is 3.60. The van der Waals surface area contributed by atoms with E-state index >= 15 is 0 Å². The van der Waals surface area contributed by atoms with Gasteiger partial charge in [0.25, 0.3) is 0 Å². The molecule has 1 N–H and O–H groups in total. The van der Waals surface area contributed by atoms with Gasteiger partial charge in [0.2, 0.25) is 11.7 Å². The molecule has 2 aromatic carbocycles. The first-order valence-electron chi connectivity index (χ1n) is 8.76. The minimum atomic E-state index is -0.807. The predicted molar refractivity (Wildman–Crippen MR) is 102 cm³/mol. The molecule has 6 nitrogen and oxygen atoms in total. The summed E-state index contributed by atoms with van der Waals surface area (Å²) in [6, 6.07) is 10.0. The molecule has 148 valence electrons. The van der Waals surface area contributed by atoms with Crippen molar-refractivity contribution < 1.29 is 28.2 Å². The van der Waals surface area contributed by atoms with Crippen LogP contribution in [0.4, 0.5) is 10.1 Å². The van der Waals surface area contributed by atoms with Crippen LogP contribution in [0.15, 0.2) is 42.5 Å². The zero-order chi connectivity index (χ0) is 20.7. The van der Waals surface area contributed by atoms with Gasteiger partial charge in [0, 0.05) is 12.6 Å². The van der Waals surface area contributed by atoms with Crippen molar-refractivity contribution in [2.24, 2.45) is 5.92 Å². The van der Waals surface area contributed by atoms with E-state index in [-0.39, 0.29) is 22.7 Å². The zero-order valence-electron chi connectivity index (χ0n) is 16.0. The first kappa shape index (κ1) is 21.1. The third kappa shape index (κ3) is 6.19. The van der Waals surface area contributed by atoms with E-state index in [1.807, 2.05) is 13.8 Å². The van der Waals surface area contributed by atoms with Crippen LogP contribution in [0.2, 0.25) is 0 Å². The number of amides is 1. The van der Waals surface area contributed by atoms with Gasteiger partial charge in [-0.25, -0.2) is 9.18 Å². The van der Waals surface area contributed by atoms with Gasteiger partial charge in [-0.2, -0.15) is 0 Å². The summed E-state index contributed by atoms with van der Waals surface area (Å²) in [5.41, 5.74) is 0.267. The lowest BCUT2D eigenvalue weighted by Crippen LogP contribution is -2.16. The minimum absolute atomic E-state index is 0.223. The Morgan fingerprint density at radius 2 is 1.75 bits per heavy atom. The molecule has 2 rings (SSSR count). The summed E-state index contributed by atoms with van der Waals surface area (Å²) in [7, 11) is 0. The quantitative estimate of drug-likeness (QED) is 0.549. The SMILES string of the molecule is CC(=O)Nc1ccc(C(=O)COC(=O)c2ccc(OCC(C)C)cc2)c(F)c1. The van der Waals surface area contributed by atoms with Crippen LogP contribution in [0.5, 0.6) is 5.75 Å². The topological polar surface area (TPSA) is 81.7 Å². The molecule has 0 bridgehead atoms. The van der Waals surface area contributed by atoms with E-state index in [9.17, 15) is 18.8 Å². The lowest BCUT2D eigenvalue weighted by atomic mass is 10.1. The van der Waals surface area contributed by atoms with E-state index in [4.69, 9.17) is 9.47 Å². The molecule has 0 fully saturated rings. The van der Waals surface area contributed by atoms with E-state index < -0.39 is 24.2 Å². The fourth-order valence-corrected chi connectivity index (χ4v) is 2.26. The van der Waals surface area contributed by atoms with Gasteiger partial charge in [-0.05, 0) is 48.4 Å². The number of rotatable bonds is 8. The van der Waals surface area contributed by atoms with Crippen LogP contribution in [0.25, 0.3) is 0 Å². The van der Waals surface area contributed by atoms with Gasteiger partial charge < -0.3 is 14.8 Å². The number of carbonyl (C=O) groups is 3. The van der Waals surface area contributed by atoms with Crippen molar-refractivity contribution in [2.45, 2.75) is 20.8 Å². The highest BCUT2D eigenvalue weighted by atomic mass is 19.1. The number of halogens is 1. The van der Waals surface area contributed by atoms with E-state index in [2.05, 4.69) is 5.32 Å². The largest absolute Gasteiger partial charge is 0.493 e. The number of hydrogen-bond donors (Lipinski definition) is 1. The van der Waals surface area contributed by atoms with Crippen LogP contribution in [-0.4, -0.2) is 30.9 Å². The molecular weight excluding hydrogens is 365 g/mol. The molecule has 7 heteroatoms. The maximum Gasteiger partial charge on any atom is 0.338 e. The summed E-state index contributed by atoms with van der Waals surface area (Å²) in [5.74, 6) is -1.53. The molecule has 0 radical (unpaired) electrons. The molecule has 0 saturated heterocycles. The highest BCUT2D eigenvalue weighted by Gasteiger charge is 2.16. The average Bonchev–Trinajstić information content (AvgIpc) is 2.64. The second kappa shape index (κ2) is 9.64. The van der Waals surface area contributed by atoms with Crippen molar-refractivity contribution in [3.05, 3.63) is 59.4 Å². The number of carbonyl (C=O) groups excluding carboxylic acids is 3. The average molecular weight is 387 g/mol. The highest BCUT2D eigenvalue weighted by molar-refractivity contribution is 6.00. The molecule has 0 heterocycles. The van der Waals surface area contributed by atoms with Crippen molar-refractivity contribution in [3.8, 4) is 5.75 Å². The van der Waals surface area contributed by atoms with Crippen LogP contribution in [0, 0.1) is 11.7 Å². The number of hydrogen-bond acceptors (Lipinski definition) is 5. The van der Waals surface area contributed by atoms with Crippen molar-refractivity contribution >= 4 is 23.3 Å². The maximum absolute atomic E-state index is 14.0. The lowest BCUT2D eigenvalue weighted by Gasteiger charge is -2.09. The highest BCUT2D eigenvalue weighted by Crippen LogP contribution is 2.17. The van der Waals surface area contributed by atoms with E-state index in [1.54, 1.807) is 12.1 Å². The van der Waals surface area contributed by atoms with E-state index in [1.165, 1.54) is 31.2 Å². The van der Waals surface area contributed by atoms with Gasteiger partial charge in [0.05, 0.1) is 17.7 Å². The molecule has 28 heavy (non-hydrogen) atoms. The molecule has 0 aliphatic carbocycles. The van der Waals surface area contributed by atoms with Gasteiger partial charge in [-0.3, -0.25) is 9.59 Å². The normalized spacial score (nSPS) is 10.5. The summed E-state index contributed by atoms with van der Waals surface area (Å²) in [5, 5.41) is 2.42. The Kier molecular flexibility index (Phi) is 7.26. The third-order valence-electron chi connectivity index (χ3n) is 3.60. The molecule has 2 aromatic rings. The predicted octanol–water partition coefficient (Wildman–Crippen LogP) is 3.86. The molecule has 1 amide bonds. The number of esters is 1. The Morgan fingerprint density at radius 3 is 2.32 bits per heavy atom. The number of Topliss-reactive ketones (excluding diaryl/α,β-unsaturated/α-hetero) is 1. The second-order valence-electron chi connectivity index (χ2n) is 6.60. The summed E-state index contributed by atoms with van der Waals surface area (Å²) in [6.45, 7) is 5.31. The number of ketones is 1. The van der Waals surface area contributed by atoms with Crippen molar-refractivity contribution in [2.75, 3.05) is 18.5 Å². The lowest BCUT2D eigenvalue weighted by molar-refractivity contribution is -0.114. The number of benzene rings is 2. The van der Waals surface area contributed by atoms with E-state index in [0.717, 1.165) is 6.07 Å². The summed E-state index contributed by atoms with van der Waals surface area (Å²) < 4.78 is 24.5. The fraction of sp³-hybridized carbons (Fsp3) is 0.286. The summed E-state index contributed by atoms with van der Waals surface area (Å²) in [4.78, 5) is 35.2. The van der Waals surface area contributed by atoms with Gasteiger partial charge in [0.1, 0.15) is 11.6 Å². The molecule has 0 atom stereocenters. The molecule has 0 spiro atoms. The van der Waals surface area contributed by atoms with Gasteiger partial charge in [-0.15, -0.1) is 0 Å². The Labute approximate surface area is 162 Å². The number of nitrogens with one attached hydrogen (secondary N) is 1. The monoisotopic (exact) mass is 387 g/mol. The Morgan fingerprint density at radius 1 is 1.07 bits per heavy atom. The standard InChI is InChI=1S/C21H22FNO5/c1-13(2)11-27-17-7-4-15(5-8-17)21(26)28-12-20(25)18-9-6-16(10-19(18)22)23-14(3)24/h4-10,13H,11-12H2,1-3H3,(H,23,24). The molecule has 0 aliphatic rings.